The molecule has 0 aromatic rings. The summed E-state index contributed by atoms with van der Waals surface area (Å²) in [7, 11) is 0. The average Bonchev–Trinajstić information content (AvgIpc) is 2.38. The maximum Gasteiger partial charge on any atom is 0.0113 e. The zero-order chi connectivity index (χ0) is 15.4. The van der Waals surface area contributed by atoms with Crippen LogP contribution >= 0.6 is 0 Å². The quantitative estimate of drug-likeness (QED) is 0.824. The predicted molar refractivity (Wildman–Crippen MR) is 92.5 cm³/mol. The SMILES string of the molecule is CCCNC1CC(C)CC(C)C1CN1CC(C)CC(C)C1. The van der Waals surface area contributed by atoms with Crippen LogP contribution in [0.1, 0.15) is 60.3 Å². The van der Waals surface area contributed by atoms with Gasteiger partial charge in [0, 0.05) is 25.7 Å². The van der Waals surface area contributed by atoms with Crippen molar-refractivity contribution in [2.75, 3.05) is 26.2 Å². The summed E-state index contributed by atoms with van der Waals surface area (Å²) in [6, 6.07) is 0.747. The Morgan fingerprint density at radius 1 is 0.905 bits per heavy atom. The van der Waals surface area contributed by atoms with Gasteiger partial charge < -0.3 is 10.2 Å². The first-order valence-corrected chi connectivity index (χ1v) is 9.45. The highest BCUT2D eigenvalue weighted by Gasteiger charge is 2.35. The molecule has 2 fully saturated rings. The highest BCUT2D eigenvalue weighted by atomic mass is 15.1. The molecule has 1 N–H and O–H groups in total. The van der Waals surface area contributed by atoms with Crippen LogP contribution in [0.5, 0.6) is 0 Å². The molecule has 2 nitrogen and oxygen atoms in total. The number of hydrogen-bond acceptors (Lipinski definition) is 2. The molecule has 0 bridgehead atoms. The van der Waals surface area contributed by atoms with E-state index in [0.717, 1.165) is 35.6 Å². The van der Waals surface area contributed by atoms with E-state index in [1.807, 2.05) is 0 Å². The molecule has 0 aromatic heterocycles. The van der Waals surface area contributed by atoms with Crippen molar-refractivity contribution >= 4 is 0 Å². The molecule has 1 heterocycles. The number of likely N-dealkylation sites (tertiary alicyclic amines) is 1. The number of nitrogens with one attached hydrogen (secondary N) is 1. The summed E-state index contributed by atoms with van der Waals surface area (Å²) < 4.78 is 0. The third-order valence-electron chi connectivity index (χ3n) is 5.75. The van der Waals surface area contributed by atoms with Crippen molar-refractivity contribution in [3.8, 4) is 0 Å². The van der Waals surface area contributed by atoms with Crippen LogP contribution in [0.3, 0.4) is 0 Å². The van der Waals surface area contributed by atoms with Crippen molar-refractivity contribution in [3.63, 3.8) is 0 Å². The molecule has 0 amide bonds. The van der Waals surface area contributed by atoms with Gasteiger partial charge in [-0.3, -0.25) is 0 Å². The number of rotatable bonds is 5. The van der Waals surface area contributed by atoms with E-state index in [1.165, 1.54) is 51.9 Å². The van der Waals surface area contributed by atoms with Crippen molar-refractivity contribution in [2.45, 2.75) is 66.3 Å². The largest absolute Gasteiger partial charge is 0.314 e. The summed E-state index contributed by atoms with van der Waals surface area (Å²) in [6.45, 7) is 17.2. The van der Waals surface area contributed by atoms with E-state index in [2.05, 4.69) is 44.8 Å². The Hall–Kier alpha value is -0.0800. The van der Waals surface area contributed by atoms with Crippen molar-refractivity contribution in [1.82, 2.24) is 10.2 Å². The van der Waals surface area contributed by atoms with E-state index in [9.17, 15) is 0 Å². The third kappa shape index (κ3) is 4.96. The second-order valence-corrected chi connectivity index (χ2v) is 8.44. The Balaban J connectivity index is 1.96. The molecule has 124 valence electrons. The van der Waals surface area contributed by atoms with Crippen LogP contribution < -0.4 is 5.32 Å². The van der Waals surface area contributed by atoms with Crippen LogP contribution in [0.15, 0.2) is 0 Å². The van der Waals surface area contributed by atoms with E-state index in [0.29, 0.717) is 0 Å². The van der Waals surface area contributed by atoms with Gasteiger partial charge in [-0.25, -0.2) is 0 Å². The molecule has 6 unspecified atom stereocenters. The van der Waals surface area contributed by atoms with Crippen LogP contribution in [0.25, 0.3) is 0 Å². The highest BCUT2D eigenvalue weighted by molar-refractivity contribution is 4.90. The summed E-state index contributed by atoms with van der Waals surface area (Å²) in [5.74, 6) is 4.38. The Bertz CT molecular complexity index is 294. The lowest BCUT2D eigenvalue weighted by molar-refractivity contribution is 0.0654. The second kappa shape index (κ2) is 7.97. The molecule has 0 aromatic carbocycles. The van der Waals surface area contributed by atoms with Crippen molar-refractivity contribution < 1.29 is 0 Å². The van der Waals surface area contributed by atoms with E-state index < -0.39 is 0 Å². The molecule has 1 aliphatic heterocycles. The van der Waals surface area contributed by atoms with Crippen molar-refractivity contribution in [2.24, 2.45) is 29.6 Å². The van der Waals surface area contributed by atoms with Gasteiger partial charge in [-0.15, -0.1) is 0 Å². The van der Waals surface area contributed by atoms with Gasteiger partial charge in [0.1, 0.15) is 0 Å². The smallest absolute Gasteiger partial charge is 0.0113 e. The summed E-state index contributed by atoms with van der Waals surface area (Å²) in [5, 5.41) is 3.87. The van der Waals surface area contributed by atoms with Gasteiger partial charge >= 0.3 is 0 Å². The fraction of sp³-hybridized carbons (Fsp3) is 1.00. The number of hydrogen-bond donors (Lipinski definition) is 1. The van der Waals surface area contributed by atoms with E-state index in [1.54, 1.807) is 0 Å². The normalized spacial score (nSPS) is 42.1. The third-order valence-corrected chi connectivity index (χ3v) is 5.75. The van der Waals surface area contributed by atoms with Gasteiger partial charge in [-0.1, -0.05) is 34.6 Å². The molecule has 1 aliphatic carbocycles. The predicted octanol–water partition coefficient (Wildman–Crippen LogP) is 4.01. The summed E-state index contributed by atoms with van der Waals surface area (Å²) in [4.78, 5) is 2.77. The van der Waals surface area contributed by atoms with Gasteiger partial charge in [0.2, 0.25) is 0 Å². The fourth-order valence-corrected chi connectivity index (χ4v) is 5.02. The minimum atomic E-state index is 0.747. The Labute approximate surface area is 133 Å². The van der Waals surface area contributed by atoms with Gasteiger partial charge in [-0.2, -0.15) is 0 Å². The topological polar surface area (TPSA) is 15.3 Å². The van der Waals surface area contributed by atoms with Crippen molar-refractivity contribution in [1.29, 1.82) is 0 Å². The number of nitrogens with zero attached hydrogens (tertiary/aromatic N) is 1. The minimum Gasteiger partial charge on any atom is -0.314 e. The van der Waals surface area contributed by atoms with E-state index >= 15 is 0 Å². The molecule has 2 heteroatoms. The van der Waals surface area contributed by atoms with Crippen LogP contribution in [-0.4, -0.2) is 37.1 Å². The van der Waals surface area contributed by atoms with Crippen LogP contribution in [-0.2, 0) is 0 Å². The monoisotopic (exact) mass is 294 g/mol. The molecule has 1 saturated heterocycles. The molecule has 6 atom stereocenters. The standard InChI is InChI=1S/C19H38N2/c1-6-7-20-19-10-14(2)9-17(5)18(19)13-21-11-15(3)8-16(4)12-21/h14-20H,6-13H2,1-5H3. The zero-order valence-electron chi connectivity index (χ0n) is 15.1. The maximum absolute atomic E-state index is 3.87. The molecule has 0 radical (unpaired) electrons. The van der Waals surface area contributed by atoms with Crippen molar-refractivity contribution in [3.05, 3.63) is 0 Å². The first-order chi connectivity index (χ1) is 9.99. The summed E-state index contributed by atoms with van der Waals surface area (Å²) in [6.07, 6.45) is 5.48. The Morgan fingerprint density at radius 2 is 1.57 bits per heavy atom. The van der Waals surface area contributed by atoms with Gasteiger partial charge in [-0.05, 0) is 61.8 Å². The molecule has 0 spiro atoms. The van der Waals surface area contributed by atoms with Gasteiger partial charge in [0.25, 0.3) is 0 Å². The highest BCUT2D eigenvalue weighted by Crippen LogP contribution is 2.35. The Kier molecular flexibility index (Phi) is 6.55. The zero-order valence-corrected chi connectivity index (χ0v) is 15.1. The molecule has 1 saturated carbocycles. The van der Waals surface area contributed by atoms with E-state index in [4.69, 9.17) is 0 Å². The summed E-state index contributed by atoms with van der Waals surface area (Å²) >= 11 is 0. The lowest BCUT2D eigenvalue weighted by Gasteiger charge is -2.44. The first kappa shape index (κ1) is 17.3. The molecule has 2 aliphatic rings. The average molecular weight is 295 g/mol. The lowest BCUT2D eigenvalue weighted by Crippen LogP contribution is -2.51. The lowest BCUT2D eigenvalue weighted by atomic mass is 9.71. The second-order valence-electron chi connectivity index (χ2n) is 8.44. The summed E-state index contributed by atoms with van der Waals surface area (Å²) in [5.41, 5.74) is 0. The Morgan fingerprint density at radius 3 is 2.19 bits per heavy atom. The number of piperidine rings is 1. The van der Waals surface area contributed by atoms with Crippen LogP contribution in [0, 0.1) is 29.6 Å². The molecule has 21 heavy (non-hydrogen) atoms. The molecular weight excluding hydrogens is 256 g/mol. The van der Waals surface area contributed by atoms with Crippen LogP contribution in [0.2, 0.25) is 0 Å². The van der Waals surface area contributed by atoms with E-state index in [-0.39, 0.29) is 0 Å². The minimum absolute atomic E-state index is 0.747. The first-order valence-electron chi connectivity index (χ1n) is 9.45. The van der Waals surface area contributed by atoms with Gasteiger partial charge in [0.05, 0.1) is 0 Å². The van der Waals surface area contributed by atoms with Crippen LogP contribution in [0.4, 0.5) is 0 Å². The maximum atomic E-state index is 3.87. The van der Waals surface area contributed by atoms with Gasteiger partial charge in [0.15, 0.2) is 0 Å². The molecule has 2 rings (SSSR count). The fourth-order valence-electron chi connectivity index (χ4n) is 5.02. The molecular formula is C19H38N2.